The van der Waals surface area contributed by atoms with Crippen LogP contribution in [0, 0.1) is 0 Å². The number of hydrogen-bond acceptors (Lipinski definition) is 6. The molecule has 3 aromatic heterocycles. The van der Waals surface area contributed by atoms with E-state index in [9.17, 15) is 19.5 Å². The van der Waals surface area contributed by atoms with E-state index in [0.717, 1.165) is 4.68 Å². The molecule has 0 aliphatic carbocycles. The molecule has 10 heteroatoms. The number of aryl methyl sites for hydroxylation is 1. The molecule has 0 bridgehead atoms. The van der Waals surface area contributed by atoms with Crippen molar-refractivity contribution < 1.29 is 19.8 Å². The number of aliphatic carboxylic acids is 1. The van der Waals surface area contributed by atoms with Gasteiger partial charge in [-0.05, 0) is 12.1 Å². The van der Waals surface area contributed by atoms with Gasteiger partial charge in [0.05, 0.1) is 0 Å². The van der Waals surface area contributed by atoms with E-state index < -0.39 is 35.3 Å². The fraction of sp³-hybridized carbons (Fsp3) is 0.154. The number of pyridine rings is 1. The van der Waals surface area contributed by atoms with Crippen LogP contribution in [0.3, 0.4) is 0 Å². The van der Waals surface area contributed by atoms with Gasteiger partial charge in [0, 0.05) is 13.2 Å². The summed E-state index contributed by atoms with van der Waals surface area (Å²) < 4.78 is 2.36. The number of aromatic nitrogens is 4. The number of carboxylic acid groups (broad SMARTS) is 1. The van der Waals surface area contributed by atoms with Gasteiger partial charge in [-0.3, -0.25) is 14.4 Å². The predicted octanol–water partition coefficient (Wildman–Crippen LogP) is -0.899. The summed E-state index contributed by atoms with van der Waals surface area (Å²) in [5.41, 5.74) is -0.628. The normalized spacial score (nSPS) is 11.0. The summed E-state index contributed by atoms with van der Waals surface area (Å²) in [6, 6.07) is 3.29. The monoisotopic (exact) mass is 317 g/mol. The van der Waals surface area contributed by atoms with Crippen molar-refractivity contribution >= 4 is 28.7 Å². The molecule has 0 aliphatic heterocycles. The SMILES string of the molecule is Cn1c(=O)c(C(=O)NCC(=O)O)c(O)c2nc3cccnc3n21. The molecule has 10 nitrogen and oxygen atoms in total. The van der Waals surface area contributed by atoms with Gasteiger partial charge in [0.2, 0.25) is 0 Å². The number of nitrogens with one attached hydrogen (secondary N) is 1. The largest absolute Gasteiger partial charge is 0.504 e. The maximum absolute atomic E-state index is 12.3. The van der Waals surface area contributed by atoms with E-state index in [1.165, 1.54) is 17.8 Å². The molecule has 0 unspecified atom stereocenters. The van der Waals surface area contributed by atoms with E-state index in [2.05, 4.69) is 9.97 Å². The zero-order valence-electron chi connectivity index (χ0n) is 11.8. The molecule has 0 atom stereocenters. The lowest BCUT2D eigenvalue weighted by atomic mass is 10.2. The summed E-state index contributed by atoms with van der Waals surface area (Å²) in [4.78, 5) is 43.1. The lowest BCUT2D eigenvalue weighted by Crippen LogP contribution is -2.36. The van der Waals surface area contributed by atoms with Crippen LogP contribution in [0.25, 0.3) is 16.8 Å². The first kappa shape index (κ1) is 14.5. The molecule has 0 spiro atoms. The number of imidazole rings is 1. The number of carbonyl (C=O) groups excluding carboxylic acids is 1. The Balaban J connectivity index is 2.29. The van der Waals surface area contributed by atoms with Crippen LogP contribution in [0.15, 0.2) is 23.1 Å². The van der Waals surface area contributed by atoms with E-state index in [4.69, 9.17) is 5.11 Å². The Morgan fingerprint density at radius 2 is 2.09 bits per heavy atom. The van der Waals surface area contributed by atoms with Crippen LogP contribution in [-0.2, 0) is 11.8 Å². The van der Waals surface area contributed by atoms with Crippen molar-refractivity contribution in [2.24, 2.45) is 7.05 Å². The standard InChI is InChI=1S/C13H11N5O5/c1-17-13(23)8(12(22)15-5-7(19)20)9(21)11-16-6-3-2-4-14-10(6)18(11)17/h2-4,21H,5H2,1H3,(H,15,22)(H,19,20). The lowest BCUT2D eigenvalue weighted by molar-refractivity contribution is -0.135. The van der Waals surface area contributed by atoms with E-state index >= 15 is 0 Å². The summed E-state index contributed by atoms with van der Waals surface area (Å²) in [5.74, 6) is -2.89. The number of rotatable bonds is 3. The van der Waals surface area contributed by atoms with Gasteiger partial charge in [-0.2, -0.15) is 0 Å². The van der Waals surface area contributed by atoms with Gasteiger partial charge in [0.25, 0.3) is 11.5 Å². The zero-order chi connectivity index (χ0) is 16.7. The minimum absolute atomic E-state index is 0.0266. The molecule has 23 heavy (non-hydrogen) atoms. The average Bonchev–Trinajstić information content (AvgIpc) is 2.91. The van der Waals surface area contributed by atoms with E-state index in [-0.39, 0.29) is 5.65 Å². The quantitative estimate of drug-likeness (QED) is 0.569. The number of fused-ring (bicyclic) bond motifs is 3. The minimum atomic E-state index is -1.27. The summed E-state index contributed by atoms with van der Waals surface area (Å²) in [6.45, 7) is -0.676. The second kappa shape index (κ2) is 5.09. The molecule has 3 N–H and O–H groups in total. The van der Waals surface area contributed by atoms with Crippen LogP contribution >= 0.6 is 0 Å². The Kier molecular flexibility index (Phi) is 3.21. The molecule has 0 radical (unpaired) electrons. The first-order valence-corrected chi connectivity index (χ1v) is 6.47. The van der Waals surface area contributed by atoms with Crippen molar-refractivity contribution in [3.8, 4) is 5.75 Å². The molecule has 3 heterocycles. The summed E-state index contributed by atoms with van der Waals surface area (Å²) >= 11 is 0. The number of aromatic hydroxyl groups is 1. The van der Waals surface area contributed by atoms with Crippen molar-refractivity contribution in [3.63, 3.8) is 0 Å². The number of amides is 1. The van der Waals surface area contributed by atoms with E-state index in [1.54, 1.807) is 12.1 Å². The van der Waals surface area contributed by atoms with Crippen molar-refractivity contribution in [3.05, 3.63) is 34.2 Å². The summed E-state index contributed by atoms with van der Waals surface area (Å²) in [5, 5.41) is 20.9. The van der Waals surface area contributed by atoms with E-state index in [0.29, 0.717) is 11.2 Å². The van der Waals surface area contributed by atoms with Crippen molar-refractivity contribution in [2.45, 2.75) is 0 Å². The van der Waals surface area contributed by atoms with Gasteiger partial charge >= 0.3 is 5.97 Å². The van der Waals surface area contributed by atoms with Crippen LogP contribution in [-0.4, -0.2) is 47.8 Å². The number of carbonyl (C=O) groups is 2. The van der Waals surface area contributed by atoms with Crippen molar-refractivity contribution in [1.82, 2.24) is 24.5 Å². The summed E-state index contributed by atoms with van der Waals surface area (Å²) in [7, 11) is 1.39. The third-order valence-corrected chi connectivity index (χ3v) is 3.28. The van der Waals surface area contributed by atoms with Crippen molar-refractivity contribution in [1.29, 1.82) is 0 Å². The molecular weight excluding hydrogens is 306 g/mol. The Bertz CT molecular complexity index is 1020. The highest BCUT2D eigenvalue weighted by atomic mass is 16.4. The zero-order valence-corrected chi connectivity index (χ0v) is 11.8. The molecule has 3 rings (SSSR count). The molecule has 1 amide bonds. The smallest absolute Gasteiger partial charge is 0.322 e. The van der Waals surface area contributed by atoms with Crippen LogP contribution < -0.4 is 10.9 Å². The molecular formula is C13H11N5O5. The highest BCUT2D eigenvalue weighted by molar-refractivity contribution is 6.00. The third-order valence-electron chi connectivity index (χ3n) is 3.28. The molecule has 0 saturated carbocycles. The van der Waals surface area contributed by atoms with Crippen LogP contribution in [0.1, 0.15) is 10.4 Å². The second-order valence-electron chi connectivity index (χ2n) is 4.72. The maximum atomic E-state index is 12.3. The fourth-order valence-corrected chi connectivity index (χ4v) is 2.25. The van der Waals surface area contributed by atoms with Crippen LogP contribution in [0.2, 0.25) is 0 Å². The van der Waals surface area contributed by atoms with E-state index in [1.807, 2.05) is 5.32 Å². The van der Waals surface area contributed by atoms with Gasteiger partial charge in [-0.15, -0.1) is 0 Å². The first-order valence-electron chi connectivity index (χ1n) is 6.47. The van der Waals surface area contributed by atoms with Gasteiger partial charge in [-0.1, -0.05) is 0 Å². The Labute approximate surface area is 127 Å². The maximum Gasteiger partial charge on any atom is 0.322 e. The van der Waals surface area contributed by atoms with Gasteiger partial charge in [0.15, 0.2) is 22.6 Å². The highest BCUT2D eigenvalue weighted by Crippen LogP contribution is 2.23. The molecule has 118 valence electrons. The Morgan fingerprint density at radius 1 is 1.35 bits per heavy atom. The van der Waals surface area contributed by atoms with Gasteiger partial charge in [0.1, 0.15) is 12.1 Å². The summed E-state index contributed by atoms with van der Waals surface area (Å²) in [6.07, 6.45) is 1.51. The fourth-order valence-electron chi connectivity index (χ4n) is 2.25. The average molecular weight is 317 g/mol. The molecule has 0 fully saturated rings. The highest BCUT2D eigenvalue weighted by Gasteiger charge is 2.24. The Morgan fingerprint density at radius 3 is 2.78 bits per heavy atom. The van der Waals surface area contributed by atoms with Gasteiger partial charge < -0.3 is 15.5 Å². The molecule has 0 saturated heterocycles. The van der Waals surface area contributed by atoms with Crippen LogP contribution in [0.4, 0.5) is 0 Å². The Hall–Kier alpha value is -3.43. The molecule has 0 aliphatic rings. The predicted molar refractivity (Wildman–Crippen MR) is 77.4 cm³/mol. The number of hydrogen-bond donors (Lipinski definition) is 3. The van der Waals surface area contributed by atoms with Crippen molar-refractivity contribution in [2.75, 3.05) is 6.54 Å². The lowest BCUT2D eigenvalue weighted by Gasteiger charge is -2.09. The number of nitrogens with zero attached hydrogens (tertiary/aromatic N) is 4. The third kappa shape index (κ3) is 2.16. The van der Waals surface area contributed by atoms with Crippen LogP contribution in [0.5, 0.6) is 5.75 Å². The van der Waals surface area contributed by atoms with Gasteiger partial charge in [-0.25, -0.2) is 19.2 Å². The minimum Gasteiger partial charge on any atom is -0.504 e. The molecule has 0 aromatic carbocycles. The first-order chi connectivity index (χ1) is 10.9. The molecule has 3 aromatic rings. The number of carboxylic acids is 1. The second-order valence-corrected chi connectivity index (χ2v) is 4.72. The topological polar surface area (TPSA) is 139 Å².